The van der Waals surface area contributed by atoms with E-state index < -0.39 is 5.60 Å². The monoisotopic (exact) mass is 452 g/mol. The van der Waals surface area contributed by atoms with Gasteiger partial charge in [-0.15, -0.1) is 0 Å². The van der Waals surface area contributed by atoms with Gasteiger partial charge in [-0.1, -0.05) is 125 Å². The average Bonchev–Trinajstić information content (AvgIpc) is 2.88. The van der Waals surface area contributed by atoms with Gasteiger partial charge in [-0.05, 0) is 30.9 Å². The van der Waals surface area contributed by atoms with E-state index in [1.165, 1.54) is 11.1 Å². The van der Waals surface area contributed by atoms with Crippen molar-refractivity contribution in [2.45, 2.75) is 70.3 Å². The molecule has 0 amide bonds. The summed E-state index contributed by atoms with van der Waals surface area (Å²) in [5.74, 6) is -0.372. The second-order valence-corrected chi connectivity index (χ2v) is 9.60. The third-order valence-corrected chi connectivity index (χ3v) is 7.33. The molecule has 0 saturated carbocycles. The third kappa shape index (κ3) is 3.90. The van der Waals surface area contributed by atoms with Crippen molar-refractivity contribution in [1.82, 2.24) is 0 Å². The van der Waals surface area contributed by atoms with E-state index >= 15 is 0 Å². The molecule has 0 radical (unpaired) electrons. The predicted octanol–water partition coefficient (Wildman–Crippen LogP) is 8.08. The van der Waals surface area contributed by atoms with E-state index in [4.69, 9.17) is 4.74 Å². The number of carbonyl (C=O) groups excluding carboxylic acids is 1. The molecule has 1 aliphatic carbocycles. The summed E-state index contributed by atoms with van der Waals surface area (Å²) in [6, 6.07) is 27.5. The third-order valence-electron chi connectivity index (χ3n) is 7.33. The normalized spacial score (nSPS) is 15.1. The van der Waals surface area contributed by atoms with Gasteiger partial charge in [0.2, 0.25) is 0 Å². The van der Waals surface area contributed by atoms with Crippen LogP contribution in [0.15, 0.2) is 91.0 Å². The lowest BCUT2D eigenvalue weighted by atomic mass is 9.57. The van der Waals surface area contributed by atoms with E-state index in [2.05, 4.69) is 81.1 Å². The van der Waals surface area contributed by atoms with Crippen LogP contribution in [0.25, 0.3) is 0 Å². The first-order valence-corrected chi connectivity index (χ1v) is 12.7. The summed E-state index contributed by atoms with van der Waals surface area (Å²) in [7, 11) is 0. The molecule has 0 aliphatic heterocycles. The number of esters is 1. The molecule has 0 aromatic heterocycles. The van der Waals surface area contributed by atoms with Gasteiger partial charge in [0.15, 0.2) is 5.60 Å². The van der Waals surface area contributed by atoms with Gasteiger partial charge >= 0.3 is 5.97 Å². The number of unbranched alkanes of at least 4 members (excludes halogenated alkanes) is 2. The van der Waals surface area contributed by atoms with Crippen LogP contribution in [-0.4, -0.2) is 5.97 Å². The maximum absolute atomic E-state index is 13.2. The average molecular weight is 453 g/mol. The summed E-state index contributed by atoms with van der Waals surface area (Å²) in [5, 5.41) is 0. The molecule has 4 rings (SSSR count). The fourth-order valence-electron chi connectivity index (χ4n) is 5.70. The molecule has 176 valence electrons. The Labute approximate surface area is 204 Å². The quantitative estimate of drug-likeness (QED) is 0.242. The molecule has 0 heterocycles. The molecule has 0 spiro atoms. The Morgan fingerprint density at radius 1 is 0.735 bits per heavy atom. The van der Waals surface area contributed by atoms with Gasteiger partial charge in [-0.2, -0.15) is 0 Å². The number of carbonyl (C=O) groups is 1. The van der Waals surface area contributed by atoms with Crippen molar-refractivity contribution in [2.75, 3.05) is 0 Å². The number of fused-ring (bicyclic) bond motifs is 2. The van der Waals surface area contributed by atoms with Crippen molar-refractivity contribution < 1.29 is 9.53 Å². The van der Waals surface area contributed by atoms with Crippen LogP contribution in [0.1, 0.15) is 87.1 Å². The van der Waals surface area contributed by atoms with Crippen LogP contribution < -0.4 is 0 Å². The number of hydrogen-bond donors (Lipinski definition) is 0. The van der Waals surface area contributed by atoms with Crippen molar-refractivity contribution in [3.8, 4) is 0 Å². The van der Waals surface area contributed by atoms with E-state index in [1.807, 2.05) is 18.2 Å². The van der Waals surface area contributed by atoms with E-state index in [0.717, 1.165) is 55.2 Å². The fraction of sp³-hybridized carbons (Fsp3) is 0.344. The highest BCUT2D eigenvalue weighted by Gasteiger charge is 2.53. The number of benzene rings is 3. The Morgan fingerprint density at radius 3 is 1.62 bits per heavy atom. The summed E-state index contributed by atoms with van der Waals surface area (Å²) in [6.07, 6.45) is 6.75. The summed E-state index contributed by atoms with van der Waals surface area (Å²) in [6.45, 7) is 10.1. The van der Waals surface area contributed by atoms with Crippen molar-refractivity contribution >= 4 is 5.97 Å². The van der Waals surface area contributed by atoms with Crippen LogP contribution in [0.4, 0.5) is 0 Å². The minimum atomic E-state index is -1.02. The maximum Gasteiger partial charge on any atom is 0.334 e. The lowest BCUT2D eigenvalue weighted by Gasteiger charge is -2.49. The first-order valence-electron chi connectivity index (χ1n) is 12.7. The van der Waals surface area contributed by atoms with Gasteiger partial charge in [0.25, 0.3) is 0 Å². The zero-order chi connectivity index (χ0) is 24.2. The minimum absolute atomic E-state index is 0.104. The van der Waals surface area contributed by atoms with E-state index in [9.17, 15) is 4.79 Å². The molecule has 0 fully saturated rings. The first-order chi connectivity index (χ1) is 16.5. The Hall–Kier alpha value is -3.13. The molecular weight excluding hydrogens is 416 g/mol. The molecule has 0 bridgehead atoms. The lowest BCUT2D eigenvalue weighted by molar-refractivity contribution is -0.148. The van der Waals surface area contributed by atoms with Gasteiger partial charge in [-0.25, -0.2) is 4.79 Å². The summed E-state index contributed by atoms with van der Waals surface area (Å²) in [4.78, 5) is 13.2. The van der Waals surface area contributed by atoms with Crippen LogP contribution >= 0.6 is 0 Å². The molecule has 2 heteroatoms. The minimum Gasteiger partial charge on any atom is -0.441 e. The van der Waals surface area contributed by atoms with Gasteiger partial charge in [0.1, 0.15) is 0 Å². The Balaban J connectivity index is 2.11. The van der Waals surface area contributed by atoms with Crippen LogP contribution in [0, 0.1) is 0 Å². The lowest BCUT2D eigenvalue weighted by Crippen LogP contribution is -2.46. The highest BCUT2D eigenvalue weighted by atomic mass is 16.6. The van der Waals surface area contributed by atoms with Gasteiger partial charge < -0.3 is 4.74 Å². The standard InChI is InChI=1S/C32H36O2/c1-5-7-22-31(23-8-6-2)26-18-12-14-20-28(26)32(34-30(33)24(3)4,25-16-10-9-11-17-25)29-21-15-13-19-27(29)31/h9-21H,3,5-8,22-23H2,1-2,4H3. The first kappa shape index (κ1) is 24.0. The topological polar surface area (TPSA) is 26.3 Å². The zero-order valence-corrected chi connectivity index (χ0v) is 20.8. The van der Waals surface area contributed by atoms with Gasteiger partial charge in [0.05, 0.1) is 0 Å². The maximum atomic E-state index is 13.2. The number of rotatable bonds is 9. The van der Waals surface area contributed by atoms with Crippen LogP contribution in [0.2, 0.25) is 0 Å². The van der Waals surface area contributed by atoms with Crippen LogP contribution in [0.5, 0.6) is 0 Å². The van der Waals surface area contributed by atoms with Gasteiger partial charge in [0, 0.05) is 27.7 Å². The number of hydrogen-bond acceptors (Lipinski definition) is 2. The highest BCUT2D eigenvalue weighted by Crippen LogP contribution is 2.56. The Bertz CT molecular complexity index is 1100. The summed E-state index contributed by atoms with van der Waals surface area (Å²) in [5.41, 5.74) is 4.95. The van der Waals surface area contributed by atoms with E-state index in [1.54, 1.807) is 6.92 Å². The van der Waals surface area contributed by atoms with Crippen LogP contribution in [0.3, 0.4) is 0 Å². The van der Waals surface area contributed by atoms with Gasteiger partial charge in [-0.3, -0.25) is 0 Å². The van der Waals surface area contributed by atoms with E-state index in [-0.39, 0.29) is 11.4 Å². The van der Waals surface area contributed by atoms with Crippen molar-refractivity contribution in [1.29, 1.82) is 0 Å². The van der Waals surface area contributed by atoms with E-state index in [0.29, 0.717) is 5.57 Å². The Kier molecular flexibility index (Phi) is 7.07. The largest absolute Gasteiger partial charge is 0.441 e. The SMILES string of the molecule is C=C(C)C(=O)OC1(c2ccccc2)c2ccccc2C(CCCC)(CCCC)c2ccccc21. The van der Waals surface area contributed by atoms with Crippen molar-refractivity contribution in [3.05, 3.63) is 119 Å². The Morgan fingerprint density at radius 2 is 1.18 bits per heavy atom. The van der Waals surface area contributed by atoms with Crippen LogP contribution in [-0.2, 0) is 20.5 Å². The summed E-state index contributed by atoms with van der Waals surface area (Å²) >= 11 is 0. The fourth-order valence-corrected chi connectivity index (χ4v) is 5.70. The van der Waals surface area contributed by atoms with Crippen molar-refractivity contribution in [2.24, 2.45) is 0 Å². The molecular formula is C32H36O2. The smallest absolute Gasteiger partial charge is 0.334 e. The molecule has 3 aromatic rings. The molecule has 3 aromatic carbocycles. The molecule has 1 aliphatic rings. The molecule has 34 heavy (non-hydrogen) atoms. The number of ether oxygens (including phenoxy) is 1. The molecule has 2 nitrogen and oxygen atoms in total. The predicted molar refractivity (Wildman–Crippen MR) is 140 cm³/mol. The molecule has 0 atom stereocenters. The molecule has 0 saturated heterocycles. The molecule has 0 unspecified atom stereocenters. The molecule has 0 N–H and O–H groups in total. The summed E-state index contributed by atoms with van der Waals surface area (Å²) < 4.78 is 6.54. The highest BCUT2D eigenvalue weighted by molar-refractivity contribution is 5.88. The second-order valence-electron chi connectivity index (χ2n) is 9.60. The second kappa shape index (κ2) is 10.0. The van der Waals surface area contributed by atoms with Crippen molar-refractivity contribution in [3.63, 3.8) is 0 Å². The zero-order valence-electron chi connectivity index (χ0n) is 20.8.